The summed E-state index contributed by atoms with van der Waals surface area (Å²) in [5, 5.41) is -3.12. The van der Waals surface area contributed by atoms with E-state index in [9.17, 15) is 9.13 Å². The van der Waals surface area contributed by atoms with Crippen LogP contribution < -0.4 is 5.73 Å². The van der Waals surface area contributed by atoms with Crippen LogP contribution in [0.2, 0.25) is 0 Å². The fourth-order valence-corrected chi connectivity index (χ4v) is 3.37. The number of hydrogen-bond acceptors (Lipinski definition) is 4. The van der Waals surface area contributed by atoms with E-state index in [0.29, 0.717) is 5.56 Å². The van der Waals surface area contributed by atoms with Crippen LogP contribution in [0.1, 0.15) is 11.3 Å². The molecular weight excluding hydrogens is 270 g/mol. The Labute approximate surface area is 96.8 Å². The molecule has 0 radical (unpaired) electrons. The third kappa shape index (κ3) is 2.48. The molecule has 0 atom stereocenters. The number of aryl methyl sites for hydroxylation is 1. The van der Waals surface area contributed by atoms with Crippen molar-refractivity contribution in [2.75, 3.05) is 0 Å². The number of rotatable bonds is 3. The Morgan fingerprint density at radius 3 is 1.94 bits per heavy atom. The van der Waals surface area contributed by atoms with Crippen LogP contribution in [0, 0.1) is 6.92 Å². The second-order valence-corrected chi connectivity index (χ2v) is 7.47. The molecule has 0 unspecified atom stereocenters. The lowest BCUT2D eigenvalue weighted by molar-refractivity contribution is 0.308. The van der Waals surface area contributed by atoms with Gasteiger partial charge in [0.1, 0.15) is 0 Å². The van der Waals surface area contributed by atoms with E-state index in [0.717, 1.165) is 6.07 Å². The maximum absolute atomic E-state index is 11.2. The highest BCUT2D eigenvalue weighted by Crippen LogP contribution is 2.70. The van der Waals surface area contributed by atoms with Gasteiger partial charge in [-0.1, -0.05) is 6.07 Å². The molecule has 0 aliphatic heterocycles. The highest BCUT2D eigenvalue weighted by molar-refractivity contribution is 7.71. The molecule has 8 nitrogen and oxygen atoms in total. The Morgan fingerprint density at radius 1 is 1.18 bits per heavy atom. The summed E-state index contributed by atoms with van der Waals surface area (Å²) in [7, 11) is -10.6. The molecule has 1 rings (SSSR count). The molecule has 0 amide bonds. The summed E-state index contributed by atoms with van der Waals surface area (Å²) in [5.41, 5.74) is 5.34. The zero-order valence-electron chi connectivity index (χ0n) is 8.76. The Morgan fingerprint density at radius 2 is 1.65 bits per heavy atom. The molecule has 1 aromatic rings. The summed E-state index contributed by atoms with van der Waals surface area (Å²) in [6.07, 6.45) is 1.21. The minimum Gasteiger partial charge on any atom is -0.322 e. The molecule has 1 aromatic heterocycles. The van der Waals surface area contributed by atoms with Gasteiger partial charge < -0.3 is 19.6 Å². The van der Waals surface area contributed by atoms with Gasteiger partial charge in [0, 0.05) is 6.20 Å². The first kappa shape index (κ1) is 14.5. The number of pyridine rings is 1. The minimum absolute atomic E-state index is 0.551. The van der Waals surface area contributed by atoms with Crippen molar-refractivity contribution in [3.05, 3.63) is 29.6 Å². The van der Waals surface area contributed by atoms with Crippen LogP contribution in [0.5, 0.6) is 0 Å². The molecule has 0 bridgehead atoms. The average Bonchev–Trinajstić information content (AvgIpc) is 2.14. The standard InChI is InChI=1S/C7H12N2O6P2/c1-5-2-3-6(9-4-5)7(8,16(10,11)12)17(13,14)15/h2-4H,8H2,1H3,(H2,10,11,12)(H2,13,14,15). The van der Waals surface area contributed by atoms with E-state index in [1.807, 2.05) is 0 Å². The van der Waals surface area contributed by atoms with Crippen LogP contribution in [0.25, 0.3) is 0 Å². The maximum atomic E-state index is 11.2. The normalized spacial score (nSPS) is 13.8. The van der Waals surface area contributed by atoms with Crippen LogP contribution in [-0.2, 0) is 14.2 Å². The van der Waals surface area contributed by atoms with Gasteiger partial charge in [0.15, 0.2) is 0 Å². The van der Waals surface area contributed by atoms with E-state index in [1.54, 1.807) is 6.92 Å². The molecule has 17 heavy (non-hydrogen) atoms. The molecule has 6 N–H and O–H groups in total. The van der Waals surface area contributed by atoms with Crippen molar-refractivity contribution in [1.29, 1.82) is 0 Å². The van der Waals surface area contributed by atoms with E-state index in [-0.39, 0.29) is 0 Å². The predicted molar refractivity (Wildman–Crippen MR) is 58.9 cm³/mol. The second kappa shape index (κ2) is 4.26. The van der Waals surface area contributed by atoms with Crippen molar-refractivity contribution < 1.29 is 28.7 Å². The number of nitrogens with zero attached hydrogens (tertiary/aromatic N) is 1. The summed E-state index contributed by atoms with van der Waals surface area (Å²) in [6.45, 7) is 1.66. The van der Waals surface area contributed by atoms with Gasteiger partial charge in [0.25, 0.3) is 5.02 Å². The summed E-state index contributed by atoms with van der Waals surface area (Å²) in [6, 6.07) is 2.47. The first-order valence-electron chi connectivity index (χ1n) is 4.33. The number of hydrogen-bond donors (Lipinski definition) is 5. The smallest absolute Gasteiger partial charge is 0.322 e. The van der Waals surface area contributed by atoms with Gasteiger partial charge in [0.05, 0.1) is 5.69 Å². The molecule has 1 heterocycles. The van der Waals surface area contributed by atoms with Crippen LogP contribution in [-0.4, -0.2) is 24.6 Å². The summed E-state index contributed by atoms with van der Waals surface area (Å²) in [5.74, 6) is 0. The van der Waals surface area contributed by atoms with E-state index in [2.05, 4.69) is 4.98 Å². The van der Waals surface area contributed by atoms with Gasteiger partial charge in [-0.2, -0.15) is 0 Å². The maximum Gasteiger partial charge on any atom is 0.363 e. The third-order valence-corrected chi connectivity index (χ3v) is 5.97. The Balaban J connectivity index is 3.52. The molecular formula is C7H12N2O6P2. The van der Waals surface area contributed by atoms with E-state index in [1.165, 1.54) is 12.3 Å². The Kier molecular flexibility index (Phi) is 3.63. The van der Waals surface area contributed by atoms with Crippen molar-refractivity contribution in [1.82, 2.24) is 4.98 Å². The van der Waals surface area contributed by atoms with E-state index in [4.69, 9.17) is 25.3 Å². The summed E-state index contributed by atoms with van der Waals surface area (Å²) < 4.78 is 22.4. The summed E-state index contributed by atoms with van der Waals surface area (Å²) in [4.78, 5) is 39.8. The summed E-state index contributed by atoms with van der Waals surface area (Å²) >= 11 is 0. The zero-order chi connectivity index (χ0) is 13.5. The third-order valence-electron chi connectivity index (χ3n) is 2.18. The van der Waals surface area contributed by atoms with Crippen molar-refractivity contribution in [2.45, 2.75) is 11.9 Å². The van der Waals surface area contributed by atoms with Gasteiger partial charge in [-0.05, 0) is 18.6 Å². The fourth-order valence-electron chi connectivity index (χ4n) is 1.15. The predicted octanol–water partition coefficient (Wildman–Crippen LogP) is -0.186. The van der Waals surface area contributed by atoms with Crippen molar-refractivity contribution in [3.63, 3.8) is 0 Å². The van der Waals surface area contributed by atoms with Gasteiger partial charge in [-0.25, -0.2) is 0 Å². The van der Waals surface area contributed by atoms with Gasteiger partial charge in [-0.3, -0.25) is 19.8 Å². The highest BCUT2D eigenvalue weighted by atomic mass is 31.2. The molecule has 0 saturated carbocycles. The van der Waals surface area contributed by atoms with E-state index >= 15 is 0 Å². The van der Waals surface area contributed by atoms with Crippen molar-refractivity contribution in [2.24, 2.45) is 5.73 Å². The molecule has 0 fully saturated rings. The SMILES string of the molecule is Cc1ccc(C(N)(P(=O)(O)O)P(=O)(O)O)nc1. The van der Waals surface area contributed by atoms with Gasteiger partial charge in [-0.15, -0.1) is 0 Å². The highest BCUT2D eigenvalue weighted by Gasteiger charge is 2.60. The lowest BCUT2D eigenvalue weighted by atomic mass is 10.3. The molecule has 0 saturated heterocycles. The lowest BCUT2D eigenvalue weighted by Gasteiger charge is -2.29. The molecule has 0 aliphatic rings. The quantitative estimate of drug-likeness (QED) is 0.478. The first-order valence-corrected chi connectivity index (χ1v) is 7.56. The van der Waals surface area contributed by atoms with Gasteiger partial charge in [0.2, 0.25) is 0 Å². The Hall–Kier alpha value is -0.590. The van der Waals surface area contributed by atoms with Crippen molar-refractivity contribution >= 4 is 15.2 Å². The van der Waals surface area contributed by atoms with Crippen molar-refractivity contribution in [3.8, 4) is 0 Å². The zero-order valence-corrected chi connectivity index (χ0v) is 10.5. The largest absolute Gasteiger partial charge is 0.363 e. The molecule has 0 spiro atoms. The monoisotopic (exact) mass is 282 g/mol. The van der Waals surface area contributed by atoms with E-state index < -0.39 is 25.9 Å². The number of nitrogens with two attached hydrogens (primary N) is 1. The molecule has 0 aliphatic carbocycles. The fraction of sp³-hybridized carbons (Fsp3) is 0.286. The number of aromatic nitrogens is 1. The molecule has 10 heteroatoms. The molecule has 0 aromatic carbocycles. The first-order chi connectivity index (χ1) is 7.50. The van der Waals surface area contributed by atoms with Crippen LogP contribution in [0.15, 0.2) is 18.3 Å². The second-order valence-electron chi connectivity index (χ2n) is 3.53. The average molecular weight is 282 g/mol. The van der Waals surface area contributed by atoms with Crippen LogP contribution in [0.3, 0.4) is 0 Å². The lowest BCUT2D eigenvalue weighted by Crippen LogP contribution is -2.37. The topological polar surface area (TPSA) is 154 Å². The molecule has 96 valence electrons. The van der Waals surface area contributed by atoms with Crippen LogP contribution in [0.4, 0.5) is 0 Å². The Bertz CT molecular complexity index is 482. The minimum atomic E-state index is -5.29. The van der Waals surface area contributed by atoms with Crippen LogP contribution >= 0.6 is 15.2 Å². The van der Waals surface area contributed by atoms with Gasteiger partial charge >= 0.3 is 15.2 Å².